The Morgan fingerprint density at radius 3 is 2.84 bits per heavy atom. The van der Waals surface area contributed by atoms with Crippen LogP contribution in [0.3, 0.4) is 0 Å². The SMILES string of the molecule is Cc1c(C(=O)N2CC(=O)Nc3ccccc32)sc2ncn(C)c(=O)c12. The fourth-order valence-corrected chi connectivity index (χ4v) is 4.04. The summed E-state index contributed by atoms with van der Waals surface area (Å²) in [4.78, 5) is 44.1. The molecule has 0 radical (unpaired) electrons. The van der Waals surface area contributed by atoms with Crippen molar-refractivity contribution in [1.82, 2.24) is 9.55 Å². The second kappa shape index (κ2) is 5.52. The van der Waals surface area contributed by atoms with Gasteiger partial charge in [0.25, 0.3) is 11.5 Å². The van der Waals surface area contributed by atoms with Gasteiger partial charge >= 0.3 is 0 Å². The molecule has 7 nitrogen and oxygen atoms in total. The molecule has 1 N–H and O–H groups in total. The summed E-state index contributed by atoms with van der Waals surface area (Å²) in [6.07, 6.45) is 1.44. The van der Waals surface area contributed by atoms with Gasteiger partial charge < -0.3 is 9.88 Å². The van der Waals surface area contributed by atoms with Crippen LogP contribution in [0.2, 0.25) is 0 Å². The third-order valence-electron chi connectivity index (χ3n) is 4.22. The van der Waals surface area contributed by atoms with Crippen LogP contribution < -0.4 is 15.8 Å². The largest absolute Gasteiger partial charge is 0.323 e. The van der Waals surface area contributed by atoms with E-state index in [-0.39, 0.29) is 23.9 Å². The first-order chi connectivity index (χ1) is 12.0. The fourth-order valence-electron chi connectivity index (χ4n) is 2.95. The van der Waals surface area contributed by atoms with Gasteiger partial charge in [0, 0.05) is 7.05 Å². The molecule has 0 bridgehead atoms. The van der Waals surface area contributed by atoms with Crippen LogP contribution in [0.1, 0.15) is 15.2 Å². The number of anilines is 2. The van der Waals surface area contributed by atoms with Crippen LogP contribution in [-0.2, 0) is 11.8 Å². The molecule has 0 fully saturated rings. The Kier molecular flexibility index (Phi) is 3.43. The number of para-hydroxylation sites is 2. The van der Waals surface area contributed by atoms with Crippen molar-refractivity contribution in [3.8, 4) is 0 Å². The number of aromatic nitrogens is 2. The van der Waals surface area contributed by atoms with Crippen LogP contribution in [0.5, 0.6) is 0 Å². The fraction of sp³-hybridized carbons (Fsp3) is 0.176. The number of hydrogen-bond acceptors (Lipinski definition) is 5. The highest BCUT2D eigenvalue weighted by atomic mass is 32.1. The molecular weight excluding hydrogens is 340 g/mol. The molecule has 1 aliphatic rings. The van der Waals surface area contributed by atoms with Gasteiger partial charge in [0.05, 0.1) is 28.0 Å². The highest BCUT2D eigenvalue weighted by Gasteiger charge is 2.30. The summed E-state index contributed by atoms with van der Waals surface area (Å²) < 4.78 is 1.39. The van der Waals surface area contributed by atoms with Crippen LogP contribution in [0, 0.1) is 6.92 Å². The number of nitrogens with one attached hydrogen (secondary N) is 1. The molecular formula is C17H14N4O3S. The predicted octanol–water partition coefficient (Wildman–Crippen LogP) is 1.90. The molecule has 2 aromatic heterocycles. The number of carbonyl (C=O) groups is 2. The molecule has 1 aliphatic heterocycles. The maximum absolute atomic E-state index is 13.1. The molecule has 2 amide bonds. The van der Waals surface area contributed by atoms with Crippen molar-refractivity contribution >= 4 is 44.7 Å². The Labute approximate surface area is 146 Å². The molecule has 0 aliphatic carbocycles. The number of amides is 2. The number of aryl methyl sites for hydroxylation is 2. The van der Waals surface area contributed by atoms with E-state index in [9.17, 15) is 14.4 Å². The van der Waals surface area contributed by atoms with E-state index < -0.39 is 0 Å². The molecule has 25 heavy (non-hydrogen) atoms. The van der Waals surface area contributed by atoms with E-state index in [2.05, 4.69) is 10.3 Å². The summed E-state index contributed by atoms with van der Waals surface area (Å²) in [5.41, 5.74) is 1.65. The maximum atomic E-state index is 13.1. The van der Waals surface area contributed by atoms with Crippen molar-refractivity contribution in [3.05, 3.63) is 51.4 Å². The Hall–Kier alpha value is -3.00. The molecule has 0 atom stereocenters. The average Bonchev–Trinajstić information content (AvgIpc) is 2.94. The summed E-state index contributed by atoms with van der Waals surface area (Å²) in [6, 6.07) is 7.14. The number of carbonyl (C=O) groups excluding carboxylic acids is 2. The third kappa shape index (κ3) is 2.33. The number of rotatable bonds is 1. The van der Waals surface area contributed by atoms with Gasteiger partial charge in [0.15, 0.2) is 0 Å². The molecule has 1 aromatic carbocycles. The molecule has 0 unspecified atom stereocenters. The van der Waals surface area contributed by atoms with Crippen molar-refractivity contribution in [2.75, 3.05) is 16.8 Å². The van der Waals surface area contributed by atoms with E-state index in [1.165, 1.54) is 27.1 Å². The molecule has 3 aromatic rings. The van der Waals surface area contributed by atoms with Gasteiger partial charge in [0.2, 0.25) is 5.91 Å². The van der Waals surface area contributed by atoms with Gasteiger partial charge in [-0.25, -0.2) is 4.98 Å². The lowest BCUT2D eigenvalue weighted by Crippen LogP contribution is -2.42. The number of benzene rings is 1. The van der Waals surface area contributed by atoms with E-state index >= 15 is 0 Å². The van der Waals surface area contributed by atoms with Crippen molar-refractivity contribution in [3.63, 3.8) is 0 Å². The quantitative estimate of drug-likeness (QED) is 0.723. The lowest BCUT2D eigenvalue weighted by molar-refractivity contribution is -0.115. The summed E-state index contributed by atoms with van der Waals surface area (Å²) in [5.74, 6) is -0.551. The normalized spacial score (nSPS) is 13.7. The second-order valence-electron chi connectivity index (χ2n) is 5.85. The third-order valence-corrected chi connectivity index (χ3v) is 5.41. The Bertz CT molecular complexity index is 1100. The van der Waals surface area contributed by atoms with Gasteiger partial charge in [-0.15, -0.1) is 11.3 Å². The molecule has 0 saturated carbocycles. The zero-order valence-corrected chi connectivity index (χ0v) is 14.4. The van der Waals surface area contributed by atoms with Crippen molar-refractivity contribution < 1.29 is 9.59 Å². The van der Waals surface area contributed by atoms with E-state index in [0.717, 1.165) is 0 Å². The van der Waals surface area contributed by atoms with Gasteiger partial charge in [-0.3, -0.25) is 19.3 Å². The molecule has 8 heteroatoms. The van der Waals surface area contributed by atoms with Crippen LogP contribution >= 0.6 is 11.3 Å². The first kappa shape index (κ1) is 15.5. The predicted molar refractivity (Wildman–Crippen MR) is 96.3 cm³/mol. The highest BCUT2D eigenvalue weighted by molar-refractivity contribution is 7.20. The summed E-state index contributed by atoms with van der Waals surface area (Å²) in [7, 11) is 1.62. The van der Waals surface area contributed by atoms with Crippen LogP contribution in [-0.4, -0.2) is 27.9 Å². The average molecular weight is 354 g/mol. The number of nitrogens with zero attached hydrogens (tertiary/aromatic N) is 3. The van der Waals surface area contributed by atoms with E-state index in [1.54, 1.807) is 32.2 Å². The van der Waals surface area contributed by atoms with Crippen molar-refractivity contribution in [2.45, 2.75) is 6.92 Å². The molecule has 3 heterocycles. The van der Waals surface area contributed by atoms with E-state index in [4.69, 9.17) is 0 Å². The first-order valence-corrected chi connectivity index (χ1v) is 8.44. The summed E-state index contributed by atoms with van der Waals surface area (Å²) >= 11 is 1.18. The Balaban J connectivity index is 1.86. The minimum absolute atomic E-state index is 0.0605. The smallest absolute Gasteiger partial charge is 0.269 e. The Morgan fingerprint density at radius 1 is 1.28 bits per heavy atom. The Morgan fingerprint density at radius 2 is 2.04 bits per heavy atom. The molecule has 0 saturated heterocycles. The minimum atomic E-state index is -0.301. The van der Waals surface area contributed by atoms with Crippen LogP contribution in [0.25, 0.3) is 10.2 Å². The van der Waals surface area contributed by atoms with E-state index in [0.29, 0.717) is 32.0 Å². The molecule has 126 valence electrons. The minimum Gasteiger partial charge on any atom is -0.323 e. The topological polar surface area (TPSA) is 84.3 Å². The van der Waals surface area contributed by atoms with E-state index in [1.807, 2.05) is 6.07 Å². The number of fused-ring (bicyclic) bond motifs is 2. The monoisotopic (exact) mass is 354 g/mol. The lowest BCUT2D eigenvalue weighted by atomic mass is 10.1. The summed E-state index contributed by atoms with van der Waals surface area (Å²) in [5, 5.41) is 3.21. The van der Waals surface area contributed by atoms with Crippen molar-refractivity contribution in [2.24, 2.45) is 7.05 Å². The van der Waals surface area contributed by atoms with Crippen LogP contribution in [0.15, 0.2) is 35.4 Å². The van der Waals surface area contributed by atoms with Gasteiger partial charge in [-0.05, 0) is 24.6 Å². The lowest BCUT2D eigenvalue weighted by Gasteiger charge is -2.28. The maximum Gasteiger partial charge on any atom is 0.269 e. The van der Waals surface area contributed by atoms with Crippen LogP contribution in [0.4, 0.5) is 11.4 Å². The number of thiophene rings is 1. The van der Waals surface area contributed by atoms with Gasteiger partial charge in [-0.2, -0.15) is 0 Å². The first-order valence-electron chi connectivity index (χ1n) is 7.63. The molecule has 4 rings (SSSR count). The summed E-state index contributed by atoms with van der Waals surface area (Å²) in [6.45, 7) is 1.68. The standard InChI is InChI=1S/C17H14N4O3S/c1-9-13-15(18-8-20(2)16(13)23)25-14(9)17(24)21-7-12(22)19-10-5-3-4-6-11(10)21/h3-6,8H,7H2,1-2H3,(H,19,22). The highest BCUT2D eigenvalue weighted by Crippen LogP contribution is 2.33. The zero-order valence-electron chi connectivity index (χ0n) is 13.6. The van der Waals surface area contributed by atoms with Crippen molar-refractivity contribution in [1.29, 1.82) is 0 Å². The zero-order chi connectivity index (χ0) is 17.7. The van der Waals surface area contributed by atoms with Gasteiger partial charge in [0.1, 0.15) is 11.4 Å². The molecule has 0 spiro atoms. The van der Waals surface area contributed by atoms with Gasteiger partial charge in [-0.1, -0.05) is 12.1 Å². The number of hydrogen-bond donors (Lipinski definition) is 1. The second-order valence-corrected chi connectivity index (χ2v) is 6.85.